The quantitative estimate of drug-likeness (QED) is 0.273. The van der Waals surface area contributed by atoms with Crippen LogP contribution in [-0.4, -0.2) is 32.6 Å². The van der Waals surface area contributed by atoms with Gasteiger partial charge in [-0.05, 0) is 40.6 Å². The highest BCUT2D eigenvalue weighted by Crippen LogP contribution is 2.27. The van der Waals surface area contributed by atoms with E-state index < -0.39 is 5.97 Å². The molecule has 0 unspecified atom stereocenters. The van der Waals surface area contributed by atoms with Crippen molar-refractivity contribution in [2.24, 2.45) is 10.9 Å². The zero-order valence-electron chi connectivity index (χ0n) is 16.3. The Morgan fingerprint density at radius 3 is 2.45 bits per heavy atom. The number of benzene rings is 3. The van der Waals surface area contributed by atoms with E-state index in [-0.39, 0.29) is 12.4 Å². The molecular formula is C22H22N2O5. The summed E-state index contributed by atoms with van der Waals surface area (Å²) in [5.41, 5.74) is 6.69. The zero-order valence-corrected chi connectivity index (χ0v) is 16.3. The van der Waals surface area contributed by atoms with Gasteiger partial charge < -0.3 is 24.8 Å². The Morgan fingerprint density at radius 2 is 1.69 bits per heavy atom. The van der Waals surface area contributed by atoms with Gasteiger partial charge in [0.1, 0.15) is 11.6 Å². The number of fused-ring (bicyclic) bond motifs is 1. The fourth-order valence-electron chi connectivity index (χ4n) is 2.77. The van der Waals surface area contributed by atoms with E-state index in [2.05, 4.69) is 5.16 Å². The van der Waals surface area contributed by atoms with Crippen molar-refractivity contribution in [1.29, 1.82) is 0 Å². The lowest BCUT2D eigenvalue weighted by Crippen LogP contribution is -2.19. The minimum Gasteiger partial charge on any atom is -0.493 e. The molecule has 7 heteroatoms. The summed E-state index contributed by atoms with van der Waals surface area (Å²) in [5.74, 6) is 1.27. The van der Waals surface area contributed by atoms with Gasteiger partial charge in [-0.2, -0.15) is 0 Å². The summed E-state index contributed by atoms with van der Waals surface area (Å²) < 4.78 is 15.9. The molecule has 0 fully saturated rings. The molecule has 0 amide bonds. The van der Waals surface area contributed by atoms with Crippen molar-refractivity contribution in [3.63, 3.8) is 0 Å². The van der Waals surface area contributed by atoms with E-state index in [4.69, 9.17) is 24.8 Å². The number of nitrogens with zero attached hydrogens (tertiary/aromatic N) is 1. The molecule has 29 heavy (non-hydrogen) atoms. The fourth-order valence-corrected chi connectivity index (χ4v) is 2.77. The molecular weight excluding hydrogens is 372 g/mol. The van der Waals surface area contributed by atoms with Crippen molar-refractivity contribution in [2.75, 3.05) is 20.8 Å². The summed E-state index contributed by atoms with van der Waals surface area (Å²) in [4.78, 5) is 16.7. The molecule has 0 bridgehead atoms. The SMILES string of the molecule is COc1ccc(CC(N)=NOC(=O)COc2ccc3ccccc3c2)cc1OC. The third kappa shape index (κ3) is 5.38. The van der Waals surface area contributed by atoms with Crippen LogP contribution in [0.3, 0.4) is 0 Å². The minimum atomic E-state index is -0.645. The molecule has 0 atom stereocenters. The van der Waals surface area contributed by atoms with Crippen LogP contribution in [0.1, 0.15) is 5.56 Å². The van der Waals surface area contributed by atoms with Crippen LogP contribution in [0.5, 0.6) is 17.2 Å². The smallest absolute Gasteiger partial charge is 0.372 e. The first-order valence-electron chi connectivity index (χ1n) is 8.93. The molecule has 3 aromatic carbocycles. The molecule has 0 heterocycles. The second-order valence-corrected chi connectivity index (χ2v) is 6.21. The van der Waals surface area contributed by atoms with Crippen LogP contribution in [0.15, 0.2) is 65.8 Å². The maximum Gasteiger partial charge on any atom is 0.372 e. The Balaban J connectivity index is 1.52. The van der Waals surface area contributed by atoms with Crippen molar-refractivity contribution in [3.8, 4) is 17.2 Å². The van der Waals surface area contributed by atoms with Crippen LogP contribution in [0.2, 0.25) is 0 Å². The molecule has 0 aliphatic rings. The Labute approximate surface area is 168 Å². The van der Waals surface area contributed by atoms with Gasteiger partial charge in [0.05, 0.1) is 14.2 Å². The van der Waals surface area contributed by atoms with E-state index in [1.54, 1.807) is 32.4 Å². The van der Waals surface area contributed by atoms with Crippen molar-refractivity contribution < 1.29 is 23.8 Å². The van der Waals surface area contributed by atoms with Crippen LogP contribution >= 0.6 is 0 Å². The average Bonchev–Trinajstić information content (AvgIpc) is 2.76. The van der Waals surface area contributed by atoms with Crippen molar-refractivity contribution >= 4 is 22.6 Å². The molecule has 3 rings (SSSR count). The molecule has 0 aromatic heterocycles. The average molecular weight is 394 g/mol. The minimum absolute atomic E-state index is 0.149. The summed E-state index contributed by atoms with van der Waals surface area (Å²) in [6, 6.07) is 18.8. The van der Waals surface area contributed by atoms with Crippen LogP contribution in [0, 0.1) is 0 Å². The molecule has 0 spiro atoms. The Hall–Kier alpha value is -3.74. The molecule has 0 saturated carbocycles. The van der Waals surface area contributed by atoms with Crippen LogP contribution in [0.25, 0.3) is 10.8 Å². The largest absolute Gasteiger partial charge is 0.493 e. The van der Waals surface area contributed by atoms with E-state index in [9.17, 15) is 4.79 Å². The number of oxime groups is 1. The number of ether oxygens (including phenoxy) is 3. The first kappa shape index (κ1) is 20.0. The number of rotatable bonds is 8. The van der Waals surface area contributed by atoms with Crippen LogP contribution < -0.4 is 19.9 Å². The van der Waals surface area contributed by atoms with E-state index in [0.29, 0.717) is 23.7 Å². The summed E-state index contributed by atoms with van der Waals surface area (Å²) in [6.07, 6.45) is 0.291. The lowest BCUT2D eigenvalue weighted by molar-refractivity contribution is -0.146. The Kier molecular flexibility index (Phi) is 6.52. The van der Waals surface area contributed by atoms with Gasteiger partial charge in [-0.1, -0.05) is 41.6 Å². The van der Waals surface area contributed by atoms with E-state index in [1.165, 1.54) is 0 Å². The first-order valence-corrected chi connectivity index (χ1v) is 8.93. The Morgan fingerprint density at radius 1 is 0.931 bits per heavy atom. The first-order chi connectivity index (χ1) is 14.1. The molecule has 0 saturated heterocycles. The second-order valence-electron chi connectivity index (χ2n) is 6.21. The number of nitrogens with two attached hydrogens (primary N) is 1. The van der Waals surface area contributed by atoms with Crippen molar-refractivity contribution in [1.82, 2.24) is 0 Å². The number of methoxy groups -OCH3 is 2. The lowest BCUT2D eigenvalue weighted by Gasteiger charge is -2.09. The number of carbonyl (C=O) groups excluding carboxylic acids is 1. The summed E-state index contributed by atoms with van der Waals surface area (Å²) in [6.45, 7) is -0.272. The van der Waals surface area contributed by atoms with Gasteiger partial charge in [-0.25, -0.2) is 4.79 Å². The fraction of sp³-hybridized carbons (Fsp3) is 0.182. The van der Waals surface area contributed by atoms with Crippen molar-refractivity contribution in [2.45, 2.75) is 6.42 Å². The van der Waals surface area contributed by atoms with Crippen molar-refractivity contribution in [3.05, 3.63) is 66.2 Å². The van der Waals surface area contributed by atoms with Gasteiger partial charge in [0.15, 0.2) is 18.1 Å². The lowest BCUT2D eigenvalue weighted by atomic mass is 10.1. The van der Waals surface area contributed by atoms with Crippen LogP contribution in [-0.2, 0) is 16.1 Å². The highest BCUT2D eigenvalue weighted by atomic mass is 16.7. The molecule has 0 radical (unpaired) electrons. The highest BCUT2D eigenvalue weighted by Gasteiger charge is 2.08. The topological polar surface area (TPSA) is 92.4 Å². The number of amidine groups is 1. The van der Waals surface area contributed by atoms with Gasteiger partial charge in [0, 0.05) is 6.42 Å². The van der Waals surface area contributed by atoms with Gasteiger partial charge in [0.2, 0.25) is 0 Å². The standard InChI is InChI=1S/C22H22N2O5/c1-26-19-10-7-15(11-20(19)27-2)12-21(23)24-29-22(25)14-28-18-9-8-16-5-3-4-6-17(16)13-18/h3-11,13H,12,14H2,1-2H3,(H2,23,24). The number of carbonyl (C=O) groups is 1. The number of hydrogen-bond donors (Lipinski definition) is 1. The summed E-state index contributed by atoms with van der Waals surface area (Å²) >= 11 is 0. The maximum absolute atomic E-state index is 11.9. The second kappa shape index (κ2) is 9.45. The molecule has 7 nitrogen and oxygen atoms in total. The number of hydrogen-bond acceptors (Lipinski definition) is 6. The van der Waals surface area contributed by atoms with E-state index in [1.807, 2.05) is 42.5 Å². The third-order valence-electron chi connectivity index (χ3n) is 4.18. The summed E-state index contributed by atoms with van der Waals surface area (Å²) in [5, 5.41) is 5.79. The zero-order chi connectivity index (χ0) is 20.6. The maximum atomic E-state index is 11.9. The summed E-state index contributed by atoms with van der Waals surface area (Å²) in [7, 11) is 3.11. The predicted octanol–water partition coefficient (Wildman–Crippen LogP) is 3.29. The monoisotopic (exact) mass is 394 g/mol. The van der Waals surface area contributed by atoms with E-state index >= 15 is 0 Å². The molecule has 2 N–H and O–H groups in total. The van der Waals surface area contributed by atoms with Gasteiger partial charge in [-0.3, -0.25) is 0 Å². The molecule has 0 aliphatic carbocycles. The molecule has 3 aromatic rings. The normalized spacial score (nSPS) is 11.2. The molecule has 150 valence electrons. The molecule has 0 aliphatic heterocycles. The van der Waals surface area contributed by atoms with Crippen LogP contribution in [0.4, 0.5) is 0 Å². The van der Waals surface area contributed by atoms with Gasteiger partial charge in [0.25, 0.3) is 0 Å². The van der Waals surface area contributed by atoms with E-state index in [0.717, 1.165) is 16.3 Å². The third-order valence-corrected chi connectivity index (χ3v) is 4.18. The van der Waals surface area contributed by atoms with Gasteiger partial charge in [-0.15, -0.1) is 0 Å². The highest BCUT2D eigenvalue weighted by molar-refractivity contribution is 5.84. The van der Waals surface area contributed by atoms with Gasteiger partial charge >= 0.3 is 5.97 Å². The Bertz CT molecular complexity index is 1030. The predicted molar refractivity (Wildman–Crippen MR) is 110 cm³/mol.